The first-order chi connectivity index (χ1) is 6.45. The van der Waals surface area contributed by atoms with Crippen molar-refractivity contribution in [3.05, 3.63) is 0 Å². The number of aliphatic hydroxyl groups excluding tert-OH is 1. The molecule has 0 spiro atoms. The predicted molar refractivity (Wildman–Crippen MR) is 51.9 cm³/mol. The number of amides is 1. The number of hydrogen-bond acceptors (Lipinski definition) is 4. The zero-order valence-electron chi connectivity index (χ0n) is 8.64. The number of nitrogens with zero attached hydrogens (tertiary/aromatic N) is 2. The second-order valence-electron chi connectivity index (χ2n) is 3.23. The highest BCUT2D eigenvalue weighted by molar-refractivity contribution is 6.01. The lowest BCUT2D eigenvalue weighted by Crippen LogP contribution is -2.44. The molecule has 0 radical (unpaired) electrons. The summed E-state index contributed by atoms with van der Waals surface area (Å²) in [6.07, 6.45) is 0. The van der Waals surface area contributed by atoms with Gasteiger partial charge in [-0.15, -0.1) is 0 Å². The molecule has 6 nitrogen and oxygen atoms in total. The van der Waals surface area contributed by atoms with Crippen molar-refractivity contribution in [1.82, 2.24) is 4.90 Å². The van der Waals surface area contributed by atoms with Crippen molar-refractivity contribution in [2.24, 2.45) is 16.8 Å². The van der Waals surface area contributed by atoms with Crippen molar-refractivity contribution in [2.75, 3.05) is 13.7 Å². The summed E-state index contributed by atoms with van der Waals surface area (Å²) in [4.78, 5) is 13.0. The standard InChI is InChI=1S/C8H17N3O3/c1-5(4-12)11(3)8(13)6(2)7(9)10-14/h5-6,12,14H,4H2,1-3H3,(H2,9,10). The zero-order valence-corrected chi connectivity index (χ0v) is 8.64. The molecule has 0 aliphatic heterocycles. The van der Waals surface area contributed by atoms with E-state index in [1.165, 1.54) is 11.8 Å². The molecule has 0 aromatic carbocycles. The van der Waals surface area contributed by atoms with Crippen LogP contribution in [0.4, 0.5) is 0 Å². The van der Waals surface area contributed by atoms with Crippen molar-refractivity contribution in [1.29, 1.82) is 0 Å². The number of aliphatic hydroxyl groups is 1. The van der Waals surface area contributed by atoms with Crippen LogP contribution in [0, 0.1) is 5.92 Å². The summed E-state index contributed by atoms with van der Waals surface area (Å²) in [5.41, 5.74) is 5.29. The van der Waals surface area contributed by atoms with Gasteiger partial charge in [-0.2, -0.15) is 0 Å². The normalized spacial score (nSPS) is 16.1. The van der Waals surface area contributed by atoms with Crippen LogP contribution in [0.2, 0.25) is 0 Å². The summed E-state index contributed by atoms with van der Waals surface area (Å²) in [6.45, 7) is 3.13. The number of rotatable bonds is 4. The van der Waals surface area contributed by atoms with Crippen LogP contribution in [-0.2, 0) is 4.79 Å². The van der Waals surface area contributed by atoms with E-state index >= 15 is 0 Å². The number of nitrogens with two attached hydrogens (primary N) is 1. The third-order valence-electron chi connectivity index (χ3n) is 2.20. The second kappa shape index (κ2) is 5.43. The van der Waals surface area contributed by atoms with Crippen LogP contribution in [0.3, 0.4) is 0 Å². The Morgan fingerprint density at radius 1 is 1.57 bits per heavy atom. The SMILES string of the molecule is CC(C(=O)N(C)C(C)CO)C(N)=NO. The lowest BCUT2D eigenvalue weighted by molar-refractivity contribution is -0.134. The molecule has 0 aromatic heterocycles. The Kier molecular flexibility index (Phi) is 4.93. The predicted octanol–water partition coefficient (Wildman–Crippen LogP) is -0.792. The first kappa shape index (κ1) is 12.7. The summed E-state index contributed by atoms with van der Waals surface area (Å²) >= 11 is 0. The molecular formula is C8H17N3O3. The highest BCUT2D eigenvalue weighted by Gasteiger charge is 2.23. The third-order valence-corrected chi connectivity index (χ3v) is 2.20. The maximum Gasteiger partial charge on any atom is 0.233 e. The molecule has 4 N–H and O–H groups in total. The minimum Gasteiger partial charge on any atom is -0.409 e. The third kappa shape index (κ3) is 2.88. The maximum atomic E-state index is 11.6. The molecule has 0 fully saturated rings. The molecule has 0 aliphatic carbocycles. The summed E-state index contributed by atoms with van der Waals surface area (Å²) < 4.78 is 0. The molecule has 2 atom stereocenters. The largest absolute Gasteiger partial charge is 0.409 e. The lowest BCUT2D eigenvalue weighted by atomic mass is 10.1. The fraction of sp³-hybridized carbons (Fsp3) is 0.750. The molecule has 2 unspecified atom stereocenters. The maximum absolute atomic E-state index is 11.6. The van der Waals surface area contributed by atoms with Crippen LogP contribution in [0.15, 0.2) is 5.16 Å². The zero-order chi connectivity index (χ0) is 11.3. The van der Waals surface area contributed by atoms with Gasteiger partial charge in [0.2, 0.25) is 5.91 Å². The van der Waals surface area contributed by atoms with Crippen molar-refractivity contribution in [2.45, 2.75) is 19.9 Å². The van der Waals surface area contributed by atoms with Crippen LogP contribution >= 0.6 is 0 Å². The van der Waals surface area contributed by atoms with Gasteiger partial charge >= 0.3 is 0 Å². The van der Waals surface area contributed by atoms with Gasteiger partial charge in [-0.3, -0.25) is 4.79 Å². The van der Waals surface area contributed by atoms with E-state index in [1.54, 1.807) is 14.0 Å². The highest BCUT2D eigenvalue weighted by Crippen LogP contribution is 2.04. The van der Waals surface area contributed by atoms with Gasteiger partial charge in [0.1, 0.15) is 0 Å². The summed E-state index contributed by atoms with van der Waals surface area (Å²) in [7, 11) is 1.56. The molecule has 0 heterocycles. The molecule has 1 amide bonds. The number of carbonyl (C=O) groups is 1. The van der Waals surface area contributed by atoms with E-state index in [4.69, 9.17) is 16.0 Å². The van der Waals surface area contributed by atoms with Crippen LogP contribution < -0.4 is 5.73 Å². The van der Waals surface area contributed by atoms with E-state index in [1.807, 2.05) is 0 Å². The average molecular weight is 203 g/mol. The molecular weight excluding hydrogens is 186 g/mol. The Labute approximate surface area is 83.0 Å². The van der Waals surface area contributed by atoms with Gasteiger partial charge in [-0.1, -0.05) is 5.16 Å². The Hall–Kier alpha value is -1.30. The molecule has 82 valence electrons. The summed E-state index contributed by atoms with van der Waals surface area (Å²) in [6, 6.07) is -0.281. The van der Waals surface area contributed by atoms with E-state index in [0.717, 1.165) is 0 Å². The quantitative estimate of drug-likeness (QED) is 0.241. The van der Waals surface area contributed by atoms with Gasteiger partial charge in [0.25, 0.3) is 0 Å². The van der Waals surface area contributed by atoms with Crippen LogP contribution in [0.25, 0.3) is 0 Å². The van der Waals surface area contributed by atoms with Crippen molar-refractivity contribution in [3.63, 3.8) is 0 Å². The Bertz CT molecular complexity index is 230. The molecule has 0 rings (SSSR count). The number of likely N-dealkylation sites (N-methyl/N-ethyl adjacent to an activating group) is 1. The van der Waals surface area contributed by atoms with Crippen molar-refractivity contribution in [3.8, 4) is 0 Å². The van der Waals surface area contributed by atoms with E-state index < -0.39 is 5.92 Å². The Morgan fingerprint density at radius 2 is 2.07 bits per heavy atom. The van der Waals surface area contributed by atoms with Gasteiger partial charge in [-0.25, -0.2) is 0 Å². The van der Waals surface area contributed by atoms with Gasteiger partial charge in [0.15, 0.2) is 5.84 Å². The number of hydrogen-bond donors (Lipinski definition) is 3. The van der Waals surface area contributed by atoms with Gasteiger partial charge in [-0.05, 0) is 13.8 Å². The molecule has 14 heavy (non-hydrogen) atoms. The smallest absolute Gasteiger partial charge is 0.233 e. The number of oxime groups is 1. The molecule has 6 heteroatoms. The van der Waals surface area contributed by atoms with Crippen LogP contribution in [-0.4, -0.2) is 46.7 Å². The van der Waals surface area contributed by atoms with E-state index in [9.17, 15) is 4.79 Å². The average Bonchev–Trinajstić information content (AvgIpc) is 2.23. The van der Waals surface area contributed by atoms with Gasteiger partial charge in [0, 0.05) is 7.05 Å². The second-order valence-corrected chi connectivity index (χ2v) is 3.23. The van der Waals surface area contributed by atoms with E-state index in [-0.39, 0.29) is 24.4 Å². The van der Waals surface area contributed by atoms with Crippen molar-refractivity contribution < 1.29 is 15.1 Å². The van der Waals surface area contributed by atoms with Gasteiger partial charge in [0.05, 0.1) is 18.6 Å². The van der Waals surface area contributed by atoms with E-state index in [2.05, 4.69) is 5.16 Å². The number of amidine groups is 1. The molecule has 0 aromatic rings. The number of carbonyl (C=O) groups excluding carboxylic acids is 1. The Morgan fingerprint density at radius 3 is 2.43 bits per heavy atom. The molecule has 0 saturated carbocycles. The fourth-order valence-corrected chi connectivity index (χ4v) is 0.858. The van der Waals surface area contributed by atoms with E-state index in [0.29, 0.717) is 0 Å². The first-order valence-corrected chi connectivity index (χ1v) is 4.30. The fourth-order valence-electron chi connectivity index (χ4n) is 0.858. The minimum absolute atomic E-state index is 0.120. The first-order valence-electron chi connectivity index (χ1n) is 4.30. The Balaban J connectivity index is 4.47. The van der Waals surface area contributed by atoms with Gasteiger partial charge < -0.3 is 20.9 Å². The van der Waals surface area contributed by atoms with Crippen LogP contribution in [0.1, 0.15) is 13.8 Å². The van der Waals surface area contributed by atoms with Crippen molar-refractivity contribution >= 4 is 11.7 Å². The monoisotopic (exact) mass is 203 g/mol. The topological polar surface area (TPSA) is 99.2 Å². The van der Waals surface area contributed by atoms with Crippen LogP contribution in [0.5, 0.6) is 0 Å². The lowest BCUT2D eigenvalue weighted by Gasteiger charge is -2.25. The molecule has 0 aliphatic rings. The molecule has 0 saturated heterocycles. The summed E-state index contributed by atoms with van der Waals surface area (Å²) in [5, 5.41) is 20.0. The minimum atomic E-state index is -0.681. The molecule has 0 bridgehead atoms. The highest BCUT2D eigenvalue weighted by atomic mass is 16.4. The summed E-state index contributed by atoms with van der Waals surface area (Å²) in [5.74, 6) is -1.10.